The smallest absolute Gasteiger partial charge is 0.255 e. The van der Waals surface area contributed by atoms with Crippen molar-refractivity contribution in [2.75, 3.05) is 0 Å². The maximum atomic E-state index is 13.1. The Bertz CT molecular complexity index is 1220. The van der Waals surface area contributed by atoms with Crippen molar-refractivity contribution in [3.05, 3.63) is 70.8 Å². The first kappa shape index (κ1) is 23.7. The molecule has 2 fully saturated rings. The van der Waals surface area contributed by atoms with Crippen LogP contribution in [0.4, 0.5) is 0 Å². The van der Waals surface area contributed by atoms with Gasteiger partial charge in [0.15, 0.2) is 0 Å². The van der Waals surface area contributed by atoms with Crippen LogP contribution in [-0.4, -0.2) is 40.5 Å². The highest BCUT2D eigenvalue weighted by molar-refractivity contribution is 6.05. The van der Waals surface area contributed by atoms with Gasteiger partial charge in [-0.2, -0.15) is 0 Å². The maximum Gasteiger partial charge on any atom is 0.255 e. The van der Waals surface area contributed by atoms with E-state index in [0.29, 0.717) is 29.9 Å². The summed E-state index contributed by atoms with van der Waals surface area (Å²) in [5.41, 5.74) is 2.80. The molecule has 2 aliphatic heterocycles. The quantitative estimate of drug-likeness (QED) is 0.488. The lowest BCUT2D eigenvalue weighted by atomic mass is 10.0. The van der Waals surface area contributed by atoms with Crippen LogP contribution in [0.3, 0.4) is 0 Å². The van der Waals surface area contributed by atoms with Crippen molar-refractivity contribution in [1.82, 2.24) is 20.9 Å². The summed E-state index contributed by atoms with van der Waals surface area (Å²) in [6.45, 7) is 0.493. The van der Waals surface area contributed by atoms with Crippen molar-refractivity contribution >= 4 is 29.5 Å². The maximum absolute atomic E-state index is 13.1. The lowest BCUT2D eigenvalue weighted by Gasteiger charge is -2.29. The predicted octanol–water partition coefficient (Wildman–Crippen LogP) is 1.72. The number of hydrogen-bond donors (Lipinski definition) is 3. The van der Waals surface area contributed by atoms with Crippen LogP contribution in [0.25, 0.3) is 0 Å². The molecule has 36 heavy (non-hydrogen) atoms. The molecular formula is C27H28N4O5. The van der Waals surface area contributed by atoms with Crippen LogP contribution < -0.4 is 16.0 Å². The summed E-state index contributed by atoms with van der Waals surface area (Å²) >= 11 is 0. The Kier molecular flexibility index (Phi) is 6.54. The Balaban J connectivity index is 1.24. The Labute approximate surface area is 208 Å². The van der Waals surface area contributed by atoms with E-state index in [0.717, 1.165) is 24.0 Å². The molecule has 2 heterocycles. The number of carbonyl (C=O) groups is 5. The van der Waals surface area contributed by atoms with E-state index in [1.54, 1.807) is 12.1 Å². The lowest BCUT2D eigenvalue weighted by Crippen LogP contribution is -2.52. The van der Waals surface area contributed by atoms with E-state index >= 15 is 0 Å². The van der Waals surface area contributed by atoms with Gasteiger partial charge in [-0.15, -0.1) is 0 Å². The van der Waals surface area contributed by atoms with Crippen LogP contribution in [0.1, 0.15) is 65.2 Å². The molecule has 9 nitrogen and oxygen atoms in total. The van der Waals surface area contributed by atoms with E-state index in [2.05, 4.69) is 16.0 Å². The first-order chi connectivity index (χ1) is 17.4. The SMILES string of the molecule is O=C1CCC(N2Cc3cc(CNC(=O)[C@@H](NC(=O)CC4CC4)c4ccccc4)ccc3C2=O)C(=O)N1. The molecule has 0 bridgehead atoms. The molecule has 0 aromatic heterocycles. The number of hydrogen-bond acceptors (Lipinski definition) is 5. The van der Waals surface area contributed by atoms with E-state index < -0.39 is 18.0 Å². The van der Waals surface area contributed by atoms with Crippen molar-refractivity contribution in [3.63, 3.8) is 0 Å². The van der Waals surface area contributed by atoms with Gasteiger partial charge in [-0.3, -0.25) is 29.3 Å². The van der Waals surface area contributed by atoms with Crippen LogP contribution in [-0.2, 0) is 32.3 Å². The standard InChI is InChI=1S/C27H28N4O5/c32-22-11-10-21(25(34)30-22)31-15-19-12-17(8-9-20(19)27(31)36)14-28-26(35)24(18-4-2-1-3-5-18)29-23(33)13-16-6-7-16/h1-5,8-9,12,16,21,24H,6-7,10-11,13-15H2,(H,28,35)(H,29,33)(H,30,32,34)/t21?,24-/m0/s1. The Morgan fingerprint density at radius 2 is 1.81 bits per heavy atom. The summed E-state index contributed by atoms with van der Waals surface area (Å²) in [4.78, 5) is 63.6. The van der Waals surface area contributed by atoms with Gasteiger partial charge < -0.3 is 15.5 Å². The van der Waals surface area contributed by atoms with Crippen LogP contribution in [0, 0.1) is 5.92 Å². The number of amides is 5. The topological polar surface area (TPSA) is 125 Å². The van der Waals surface area contributed by atoms with Gasteiger partial charge in [-0.25, -0.2) is 0 Å². The van der Waals surface area contributed by atoms with Crippen molar-refractivity contribution < 1.29 is 24.0 Å². The molecule has 1 aliphatic carbocycles. The monoisotopic (exact) mass is 488 g/mol. The van der Waals surface area contributed by atoms with Crippen LogP contribution >= 0.6 is 0 Å². The van der Waals surface area contributed by atoms with Gasteiger partial charge in [0.1, 0.15) is 12.1 Å². The molecule has 186 valence electrons. The number of fused-ring (bicyclic) bond motifs is 1. The number of piperidine rings is 1. The molecule has 9 heteroatoms. The largest absolute Gasteiger partial charge is 0.350 e. The highest BCUT2D eigenvalue weighted by atomic mass is 16.2. The minimum absolute atomic E-state index is 0.133. The van der Waals surface area contributed by atoms with Crippen molar-refractivity contribution in [3.8, 4) is 0 Å². The second-order valence-corrected chi connectivity index (χ2v) is 9.67. The zero-order valence-electron chi connectivity index (χ0n) is 19.8. The van der Waals surface area contributed by atoms with Gasteiger partial charge in [0, 0.05) is 31.5 Å². The molecule has 3 N–H and O–H groups in total. The zero-order valence-corrected chi connectivity index (χ0v) is 19.8. The van der Waals surface area contributed by atoms with E-state index in [-0.39, 0.29) is 43.1 Å². The fraction of sp³-hybridized carbons (Fsp3) is 0.370. The fourth-order valence-electron chi connectivity index (χ4n) is 4.78. The number of benzene rings is 2. The highest BCUT2D eigenvalue weighted by Crippen LogP contribution is 2.32. The van der Waals surface area contributed by atoms with Gasteiger partial charge in [0.2, 0.25) is 23.6 Å². The van der Waals surface area contributed by atoms with E-state index in [9.17, 15) is 24.0 Å². The average Bonchev–Trinajstić information content (AvgIpc) is 3.63. The number of carbonyl (C=O) groups excluding carboxylic acids is 5. The Hall–Kier alpha value is -4.01. The van der Waals surface area contributed by atoms with Crippen LogP contribution in [0.5, 0.6) is 0 Å². The van der Waals surface area contributed by atoms with E-state index in [4.69, 9.17) is 0 Å². The summed E-state index contributed by atoms with van der Waals surface area (Å²) < 4.78 is 0. The molecule has 2 atom stereocenters. The highest BCUT2D eigenvalue weighted by Gasteiger charge is 2.39. The summed E-state index contributed by atoms with van der Waals surface area (Å²) in [7, 11) is 0. The van der Waals surface area contributed by atoms with Crippen LogP contribution in [0.15, 0.2) is 48.5 Å². The second kappa shape index (κ2) is 9.93. The van der Waals surface area contributed by atoms with Crippen LogP contribution in [0.2, 0.25) is 0 Å². The second-order valence-electron chi connectivity index (χ2n) is 9.67. The first-order valence-corrected chi connectivity index (χ1v) is 12.3. The van der Waals surface area contributed by atoms with Crippen molar-refractivity contribution in [2.45, 2.75) is 57.3 Å². The summed E-state index contributed by atoms with van der Waals surface area (Å²) in [6.07, 6.45) is 3.04. The van der Waals surface area contributed by atoms with E-state index in [1.165, 1.54) is 4.90 Å². The zero-order chi connectivity index (χ0) is 25.2. The molecule has 1 saturated heterocycles. The number of nitrogens with one attached hydrogen (secondary N) is 3. The molecule has 5 rings (SSSR count). The molecular weight excluding hydrogens is 460 g/mol. The average molecular weight is 489 g/mol. The minimum atomic E-state index is -0.795. The molecule has 1 saturated carbocycles. The normalized spacial score (nSPS) is 19.9. The van der Waals surface area contributed by atoms with Gasteiger partial charge in [-0.05, 0) is 47.9 Å². The minimum Gasteiger partial charge on any atom is -0.350 e. The first-order valence-electron chi connectivity index (χ1n) is 12.3. The molecule has 0 spiro atoms. The number of imide groups is 1. The molecule has 5 amide bonds. The predicted molar refractivity (Wildman–Crippen MR) is 129 cm³/mol. The summed E-state index contributed by atoms with van der Waals surface area (Å²) in [5.74, 6) is -1.04. The van der Waals surface area contributed by atoms with Crippen molar-refractivity contribution in [2.24, 2.45) is 5.92 Å². The third kappa shape index (κ3) is 5.15. The fourth-order valence-corrected chi connectivity index (χ4v) is 4.78. The Morgan fingerprint density at radius 1 is 1.03 bits per heavy atom. The van der Waals surface area contributed by atoms with Gasteiger partial charge >= 0.3 is 0 Å². The van der Waals surface area contributed by atoms with Gasteiger partial charge in [-0.1, -0.05) is 42.5 Å². The van der Waals surface area contributed by atoms with Gasteiger partial charge in [0.25, 0.3) is 5.91 Å². The molecule has 0 radical (unpaired) electrons. The number of rotatable bonds is 8. The van der Waals surface area contributed by atoms with Crippen molar-refractivity contribution in [1.29, 1.82) is 0 Å². The summed E-state index contributed by atoms with van der Waals surface area (Å²) in [6, 6.07) is 13.0. The summed E-state index contributed by atoms with van der Waals surface area (Å²) in [5, 5.41) is 8.08. The molecule has 1 unspecified atom stereocenters. The number of nitrogens with zero attached hydrogens (tertiary/aromatic N) is 1. The lowest BCUT2D eigenvalue weighted by molar-refractivity contribution is -0.137. The third-order valence-electron chi connectivity index (χ3n) is 6.93. The molecule has 3 aliphatic rings. The molecule has 2 aromatic rings. The van der Waals surface area contributed by atoms with E-state index in [1.807, 2.05) is 36.4 Å². The molecule has 2 aromatic carbocycles. The Morgan fingerprint density at radius 3 is 2.53 bits per heavy atom. The van der Waals surface area contributed by atoms with Gasteiger partial charge in [0.05, 0.1) is 0 Å². The third-order valence-corrected chi connectivity index (χ3v) is 6.93.